The van der Waals surface area contributed by atoms with Crippen LogP contribution in [0.15, 0.2) is 30.6 Å². The Balaban J connectivity index is 2.23. The van der Waals surface area contributed by atoms with Gasteiger partial charge in [0, 0.05) is 11.3 Å². The van der Waals surface area contributed by atoms with Crippen LogP contribution in [-0.2, 0) is 6.54 Å². The van der Waals surface area contributed by atoms with Gasteiger partial charge in [0.1, 0.15) is 0 Å². The first-order valence-electron chi connectivity index (χ1n) is 5.66. The molecular weight excluding hydrogens is 212 g/mol. The van der Waals surface area contributed by atoms with E-state index in [1.54, 1.807) is 6.33 Å². The molecule has 0 atom stereocenters. The Bertz CT molecular complexity index is 555. The number of ketones is 1. The van der Waals surface area contributed by atoms with Crippen molar-refractivity contribution in [3.8, 4) is 0 Å². The first kappa shape index (κ1) is 11.6. The van der Waals surface area contributed by atoms with Crippen LogP contribution < -0.4 is 0 Å². The van der Waals surface area contributed by atoms with Crippen LogP contribution >= 0.6 is 0 Å². The van der Waals surface area contributed by atoms with Crippen molar-refractivity contribution in [2.24, 2.45) is 0 Å². The van der Waals surface area contributed by atoms with Crippen LogP contribution in [0.5, 0.6) is 0 Å². The van der Waals surface area contributed by atoms with E-state index < -0.39 is 0 Å². The second-order valence-electron chi connectivity index (χ2n) is 4.28. The van der Waals surface area contributed by atoms with Gasteiger partial charge in [-0.25, -0.2) is 4.98 Å². The van der Waals surface area contributed by atoms with Crippen molar-refractivity contribution in [2.45, 2.75) is 27.3 Å². The summed E-state index contributed by atoms with van der Waals surface area (Å²) in [4.78, 5) is 16.3. The Morgan fingerprint density at radius 3 is 2.53 bits per heavy atom. The summed E-state index contributed by atoms with van der Waals surface area (Å²) >= 11 is 0. The van der Waals surface area contributed by atoms with E-state index in [1.807, 2.05) is 49.6 Å². The Labute approximate surface area is 101 Å². The minimum absolute atomic E-state index is 0.128. The molecule has 88 valence electrons. The van der Waals surface area contributed by atoms with E-state index in [4.69, 9.17) is 0 Å². The first-order valence-corrected chi connectivity index (χ1v) is 5.66. The fourth-order valence-electron chi connectivity index (χ4n) is 1.83. The third kappa shape index (κ3) is 2.28. The minimum atomic E-state index is 0.128. The highest BCUT2D eigenvalue weighted by molar-refractivity contribution is 5.97. The van der Waals surface area contributed by atoms with Crippen LogP contribution in [0, 0.1) is 20.8 Å². The molecule has 3 heteroatoms. The summed E-state index contributed by atoms with van der Waals surface area (Å²) in [5.74, 6) is 0.128. The molecule has 0 fully saturated rings. The van der Waals surface area contributed by atoms with Crippen LogP contribution in [-0.4, -0.2) is 15.3 Å². The molecule has 0 aliphatic heterocycles. The zero-order valence-corrected chi connectivity index (χ0v) is 10.4. The average Bonchev–Trinajstić information content (AvgIpc) is 2.61. The number of rotatable bonds is 3. The van der Waals surface area contributed by atoms with Gasteiger partial charge in [0.15, 0.2) is 5.78 Å². The van der Waals surface area contributed by atoms with E-state index in [1.165, 1.54) is 0 Å². The molecule has 0 amide bonds. The zero-order chi connectivity index (χ0) is 12.4. The number of nitrogens with zero attached hydrogens (tertiary/aromatic N) is 2. The highest BCUT2D eigenvalue weighted by Crippen LogP contribution is 2.11. The maximum Gasteiger partial charge on any atom is 0.182 e. The van der Waals surface area contributed by atoms with E-state index in [0.717, 1.165) is 22.5 Å². The normalized spacial score (nSPS) is 10.5. The molecule has 2 rings (SSSR count). The predicted molar refractivity (Wildman–Crippen MR) is 67.2 cm³/mol. The van der Waals surface area contributed by atoms with Crippen LogP contribution in [0.4, 0.5) is 0 Å². The average molecular weight is 228 g/mol. The fraction of sp³-hybridized carbons (Fsp3) is 0.286. The lowest BCUT2D eigenvalue weighted by Crippen LogP contribution is -2.12. The number of carbonyl (C=O) groups is 1. The fourth-order valence-corrected chi connectivity index (χ4v) is 1.83. The standard InChI is InChI=1S/C14H16N2O/c1-10-6-4-5-7-13(10)14(17)8-16-9-15-11(2)12(16)3/h4-7,9H,8H2,1-3H3. The van der Waals surface area contributed by atoms with Gasteiger partial charge >= 0.3 is 0 Å². The number of aromatic nitrogens is 2. The third-order valence-electron chi connectivity index (χ3n) is 3.10. The maximum absolute atomic E-state index is 12.1. The lowest BCUT2D eigenvalue weighted by Gasteiger charge is -2.07. The van der Waals surface area contributed by atoms with E-state index >= 15 is 0 Å². The Morgan fingerprint density at radius 2 is 1.94 bits per heavy atom. The monoisotopic (exact) mass is 228 g/mol. The van der Waals surface area contributed by atoms with Crippen molar-refractivity contribution in [2.75, 3.05) is 0 Å². The summed E-state index contributed by atoms with van der Waals surface area (Å²) < 4.78 is 1.89. The zero-order valence-electron chi connectivity index (χ0n) is 10.4. The van der Waals surface area contributed by atoms with E-state index in [0.29, 0.717) is 6.54 Å². The van der Waals surface area contributed by atoms with Gasteiger partial charge in [-0.2, -0.15) is 0 Å². The summed E-state index contributed by atoms with van der Waals surface area (Å²) in [5.41, 5.74) is 3.83. The molecule has 0 spiro atoms. The molecule has 0 saturated heterocycles. The number of imidazole rings is 1. The molecule has 0 bridgehead atoms. The number of hydrogen-bond donors (Lipinski definition) is 0. The molecule has 2 aromatic rings. The van der Waals surface area contributed by atoms with Crippen molar-refractivity contribution in [1.82, 2.24) is 9.55 Å². The van der Waals surface area contributed by atoms with Gasteiger partial charge in [-0.1, -0.05) is 24.3 Å². The molecule has 3 nitrogen and oxygen atoms in total. The molecule has 17 heavy (non-hydrogen) atoms. The van der Waals surface area contributed by atoms with Crippen LogP contribution in [0.2, 0.25) is 0 Å². The van der Waals surface area contributed by atoms with E-state index in [2.05, 4.69) is 4.98 Å². The van der Waals surface area contributed by atoms with E-state index in [-0.39, 0.29) is 5.78 Å². The summed E-state index contributed by atoms with van der Waals surface area (Å²) in [6.07, 6.45) is 1.72. The highest BCUT2D eigenvalue weighted by atomic mass is 16.1. The molecule has 0 N–H and O–H groups in total. The summed E-state index contributed by atoms with van der Waals surface area (Å²) in [6.45, 7) is 6.24. The van der Waals surface area contributed by atoms with Gasteiger partial charge in [0.2, 0.25) is 0 Å². The lowest BCUT2D eigenvalue weighted by atomic mass is 10.1. The topological polar surface area (TPSA) is 34.9 Å². The van der Waals surface area contributed by atoms with Gasteiger partial charge in [-0.3, -0.25) is 4.79 Å². The largest absolute Gasteiger partial charge is 0.327 e. The van der Waals surface area contributed by atoms with E-state index in [9.17, 15) is 4.79 Å². The number of Topliss-reactive ketones (excluding diaryl/α,β-unsaturated/α-hetero) is 1. The van der Waals surface area contributed by atoms with Crippen LogP contribution in [0.25, 0.3) is 0 Å². The molecule has 0 unspecified atom stereocenters. The van der Waals surface area contributed by atoms with Crippen molar-refractivity contribution >= 4 is 5.78 Å². The molecule has 1 heterocycles. The summed E-state index contributed by atoms with van der Waals surface area (Å²) in [7, 11) is 0. The molecule has 0 aliphatic rings. The Morgan fingerprint density at radius 1 is 1.24 bits per heavy atom. The van der Waals surface area contributed by atoms with Crippen LogP contribution in [0.3, 0.4) is 0 Å². The summed E-state index contributed by atoms with van der Waals surface area (Å²) in [5, 5.41) is 0. The maximum atomic E-state index is 12.1. The number of benzene rings is 1. The van der Waals surface area contributed by atoms with Gasteiger partial charge in [-0.15, -0.1) is 0 Å². The van der Waals surface area contributed by atoms with Gasteiger partial charge in [0.05, 0.1) is 18.6 Å². The SMILES string of the molecule is Cc1ccccc1C(=O)Cn1cnc(C)c1C. The quantitative estimate of drug-likeness (QED) is 0.757. The van der Waals surface area contributed by atoms with Crippen molar-refractivity contribution in [3.63, 3.8) is 0 Å². The van der Waals surface area contributed by atoms with Crippen molar-refractivity contribution < 1.29 is 4.79 Å². The van der Waals surface area contributed by atoms with Gasteiger partial charge in [0.25, 0.3) is 0 Å². The van der Waals surface area contributed by atoms with Crippen LogP contribution in [0.1, 0.15) is 27.3 Å². The molecule has 1 aromatic carbocycles. The smallest absolute Gasteiger partial charge is 0.182 e. The second kappa shape index (κ2) is 4.53. The summed E-state index contributed by atoms with van der Waals surface area (Å²) in [6, 6.07) is 7.67. The lowest BCUT2D eigenvalue weighted by molar-refractivity contribution is 0.0970. The number of carbonyl (C=O) groups excluding carboxylic acids is 1. The third-order valence-corrected chi connectivity index (χ3v) is 3.10. The highest BCUT2D eigenvalue weighted by Gasteiger charge is 2.11. The number of aryl methyl sites for hydroxylation is 2. The Hall–Kier alpha value is -1.90. The molecule has 0 aliphatic carbocycles. The predicted octanol–water partition coefficient (Wildman–Crippen LogP) is 2.69. The molecular formula is C14H16N2O. The molecule has 0 radical (unpaired) electrons. The van der Waals surface area contributed by atoms with Gasteiger partial charge in [-0.05, 0) is 26.3 Å². The van der Waals surface area contributed by atoms with Crippen molar-refractivity contribution in [1.29, 1.82) is 0 Å². The van der Waals surface area contributed by atoms with Crippen molar-refractivity contribution in [3.05, 3.63) is 53.1 Å². The Kier molecular flexibility index (Phi) is 3.09. The first-order chi connectivity index (χ1) is 8.09. The molecule has 0 saturated carbocycles. The minimum Gasteiger partial charge on any atom is -0.327 e. The number of hydrogen-bond acceptors (Lipinski definition) is 2. The molecule has 1 aromatic heterocycles. The van der Waals surface area contributed by atoms with Gasteiger partial charge < -0.3 is 4.57 Å². The second-order valence-corrected chi connectivity index (χ2v) is 4.28.